The average molecular weight is 439 g/mol. The minimum atomic E-state index is -0.516. The van der Waals surface area contributed by atoms with Crippen LogP contribution in [0.5, 0.6) is 0 Å². The second kappa shape index (κ2) is 10.2. The van der Waals surface area contributed by atoms with Crippen LogP contribution in [-0.4, -0.2) is 17.7 Å². The van der Waals surface area contributed by atoms with E-state index >= 15 is 0 Å². The molecule has 0 aliphatic carbocycles. The molecule has 0 spiro atoms. The number of primary amides is 1. The summed E-state index contributed by atoms with van der Waals surface area (Å²) in [5.41, 5.74) is 10.2. The van der Waals surface area contributed by atoms with E-state index in [-0.39, 0.29) is 5.91 Å². The number of carbonyl (C=O) groups is 1. The van der Waals surface area contributed by atoms with E-state index in [1.165, 1.54) is 0 Å². The molecule has 3 N–H and O–H groups in total. The van der Waals surface area contributed by atoms with Gasteiger partial charge in [0, 0.05) is 11.4 Å². The molecule has 4 aromatic rings. The molecular formula is C28H26N2OS. The predicted molar refractivity (Wildman–Crippen MR) is 135 cm³/mol. The van der Waals surface area contributed by atoms with Crippen LogP contribution in [0.15, 0.2) is 121 Å². The second-order valence-electron chi connectivity index (χ2n) is 7.56. The molecule has 0 aliphatic heterocycles. The second-order valence-corrected chi connectivity index (χ2v) is 8.79. The number of thioether (sulfide) groups is 1. The normalized spacial score (nSPS) is 12.1. The zero-order valence-electron chi connectivity index (χ0n) is 17.7. The van der Waals surface area contributed by atoms with E-state index in [0.29, 0.717) is 5.75 Å². The lowest BCUT2D eigenvalue weighted by Crippen LogP contribution is -2.39. The summed E-state index contributed by atoms with van der Waals surface area (Å²) in [6.45, 7) is 0. The number of hydrogen-bond acceptors (Lipinski definition) is 3. The Bertz CT molecular complexity index is 1020. The molecule has 0 saturated carbocycles. The number of hydrogen-bond donors (Lipinski definition) is 2. The minimum absolute atomic E-state index is 0.371. The van der Waals surface area contributed by atoms with Crippen LogP contribution in [0.3, 0.4) is 0 Å². The van der Waals surface area contributed by atoms with Crippen molar-refractivity contribution in [1.82, 2.24) is 0 Å². The van der Waals surface area contributed by atoms with E-state index in [9.17, 15) is 4.79 Å². The van der Waals surface area contributed by atoms with Crippen LogP contribution in [0.1, 0.15) is 16.7 Å². The Morgan fingerprint density at radius 3 is 1.44 bits per heavy atom. The Morgan fingerprint density at radius 2 is 1.06 bits per heavy atom. The van der Waals surface area contributed by atoms with Crippen molar-refractivity contribution in [2.75, 3.05) is 11.1 Å². The van der Waals surface area contributed by atoms with Crippen molar-refractivity contribution in [3.63, 3.8) is 0 Å². The molecule has 0 aromatic heterocycles. The average Bonchev–Trinajstić information content (AvgIpc) is 2.86. The number of carbonyl (C=O) groups excluding carboxylic acids is 1. The van der Waals surface area contributed by atoms with Gasteiger partial charge in [0.25, 0.3) is 0 Å². The van der Waals surface area contributed by atoms with E-state index in [4.69, 9.17) is 5.73 Å². The van der Waals surface area contributed by atoms with Crippen LogP contribution in [0.4, 0.5) is 5.69 Å². The highest BCUT2D eigenvalue weighted by atomic mass is 32.2. The lowest BCUT2D eigenvalue weighted by Gasteiger charge is -2.36. The summed E-state index contributed by atoms with van der Waals surface area (Å²) in [7, 11) is 0. The molecule has 4 rings (SSSR count). The highest BCUT2D eigenvalue weighted by Crippen LogP contribution is 2.48. The first-order chi connectivity index (χ1) is 15.7. The van der Waals surface area contributed by atoms with Crippen molar-refractivity contribution >= 4 is 23.4 Å². The highest BCUT2D eigenvalue weighted by molar-refractivity contribution is 8.00. The van der Waals surface area contributed by atoms with E-state index in [2.05, 4.69) is 78.1 Å². The summed E-state index contributed by atoms with van der Waals surface area (Å²) in [5.74, 6) is 0.132. The molecular weight excluding hydrogens is 412 g/mol. The number of anilines is 1. The van der Waals surface area contributed by atoms with Gasteiger partial charge in [0.1, 0.15) is 6.04 Å². The van der Waals surface area contributed by atoms with Crippen molar-refractivity contribution in [2.45, 2.75) is 10.8 Å². The molecule has 0 bridgehead atoms. The molecule has 0 saturated heterocycles. The first-order valence-electron chi connectivity index (χ1n) is 10.6. The lowest BCUT2D eigenvalue weighted by molar-refractivity contribution is -0.118. The Labute approximate surface area is 193 Å². The lowest BCUT2D eigenvalue weighted by atomic mass is 9.84. The van der Waals surface area contributed by atoms with Gasteiger partial charge in [-0.1, -0.05) is 109 Å². The Hall–Kier alpha value is -3.50. The largest absolute Gasteiger partial charge is 0.373 e. The van der Waals surface area contributed by atoms with Gasteiger partial charge in [0.05, 0.1) is 4.75 Å². The van der Waals surface area contributed by atoms with E-state index < -0.39 is 10.8 Å². The summed E-state index contributed by atoms with van der Waals surface area (Å²) in [5, 5.41) is 3.31. The van der Waals surface area contributed by atoms with Crippen molar-refractivity contribution in [2.24, 2.45) is 5.73 Å². The molecule has 3 nitrogen and oxygen atoms in total. The van der Waals surface area contributed by atoms with Gasteiger partial charge >= 0.3 is 0 Å². The molecule has 0 fully saturated rings. The minimum Gasteiger partial charge on any atom is -0.373 e. The number of amides is 1. The van der Waals surface area contributed by atoms with Crippen molar-refractivity contribution in [1.29, 1.82) is 0 Å². The van der Waals surface area contributed by atoms with E-state index in [1.54, 1.807) is 11.8 Å². The van der Waals surface area contributed by atoms with Gasteiger partial charge in [-0.25, -0.2) is 0 Å². The number of nitrogens with one attached hydrogen (secondary N) is 1. The molecule has 0 aliphatic rings. The van der Waals surface area contributed by atoms with Gasteiger partial charge in [-0.15, -0.1) is 11.8 Å². The summed E-state index contributed by atoms with van der Waals surface area (Å²) in [4.78, 5) is 12.4. The number of nitrogens with two attached hydrogens (primary N) is 1. The van der Waals surface area contributed by atoms with Crippen molar-refractivity contribution < 1.29 is 4.79 Å². The molecule has 0 unspecified atom stereocenters. The molecule has 4 aromatic carbocycles. The van der Waals surface area contributed by atoms with Gasteiger partial charge in [-0.05, 0) is 28.8 Å². The molecule has 1 atom stereocenters. The van der Waals surface area contributed by atoms with Gasteiger partial charge in [-0.2, -0.15) is 0 Å². The molecule has 32 heavy (non-hydrogen) atoms. The third-order valence-corrected chi connectivity index (χ3v) is 7.11. The fourth-order valence-corrected chi connectivity index (χ4v) is 5.48. The summed E-state index contributed by atoms with van der Waals surface area (Å²) in [6, 6.07) is 40.5. The maximum Gasteiger partial charge on any atom is 0.240 e. The van der Waals surface area contributed by atoms with E-state index in [0.717, 1.165) is 22.4 Å². The van der Waals surface area contributed by atoms with Crippen LogP contribution in [0.2, 0.25) is 0 Å². The predicted octanol–water partition coefficient (Wildman–Crippen LogP) is 5.68. The van der Waals surface area contributed by atoms with Crippen molar-refractivity contribution in [3.05, 3.63) is 138 Å². The molecule has 4 heteroatoms. The smallest absolute Gasteiger partial charge is 0.240 e. The first-order valence-corrected chi connectivity index (χ1v) is 11.6. The maximum absolute atomic E-state index is 12.4. The number of para-hydroxylation sites is 1. The quantitative estimate of drug-likeness (QED) is 0.331. The zero-order valence-corrected chi connectivity index (χ0v) is 18.5. The van der Waals surface area contributed by atoms with Crippen LogP contribution in [0.25, 0.3) is 0 Å². The van der Waals surface area contributed by atoms with Crippen LogP contribution < -0.4 is 11.1 Å². The topological polar surface area (TPSA) is 55.1 Å². The Kier molecular flexibility index (Phi) is 6.93. The monoisotopic (exact) mass is 438 g/mol. The Balaban J connectivity index is 1.78. The van der Waals surface area contributed by atoms with Gasteiger partial charge in [0.2, 0.25) is 5.91 Å². The highest BCUT2D eigenvalue weighted by Gasteiger charge is 2.38. The van der Waals surface area contributed by atoms with Gasteiger partial charge in [0.15, 0.2) is 0 Å². The van der Waals surface area contributed by atoms with Gasteiger partial charge < -0.3 is 11.1 Å². The van der Waals surface area contributed by atoms with Crippen LogP contribution in [-0.2, 0) is 9.54 Å². The first kappa shape index (κ1) is 21.7. The van der Waals surface area contributed by atoms with E-state index in [1.807, 2.05) is 48.5 Å². The zero-order chi connectivity index (χ0) is 22.2. The van der Waals surface area contributed by atoms with Crippen LogP contribution in [0, 0.1) is 0 Å². The third-order valence-electron chi connectivity index (χ3n) is 5.47. The number of benzene rings is 4. The fraction of sp³-hybridized carbons (Fsp3) is 0.107. The maximum atomic E-state index is 12.4. The van der Waals surface area contributed by atoms with Crippen molar-refractivity contribution in [3.8, 4) is 0 Å². The summed E-state index contributed by atoms with van der Waals surface area (Å²) in [6.07, 6.45) is 0. The van der Waals surface area contributed by atoms with Crippen LogP contribution >= 0.6 is 11.8 Å². The summed E-state index contributed by atoms with van der Waals surface area (Å²) >= 11 is 1.72. The molecule has 0 heterocycles. The standard InChI is InChI=1S/C28H26N2OS/c29-27(31)26(30-25-19-11-4-12-20-25)21-32-28(22-13-5-1-6-14-22,23-15-7-2-8-16-23)24-17-9-3-10-18-24/h1-20,26,30H,21H2,(H2,29,31)/t26-/m0/s1. The van der Waals surface area contributed by atoms with Gasteiger partial charge in [-0.3, -0.25) is 4.79 Å². The third kappa shape index (κ3) is 4.71. The Morgan fingerprint density at radius 1 is 0.688 bits per heavy atom. The SMILES string of the molecule is NC(=O)[C@H](CSC(c1ccccc1)(c1ccccc1)c1ccccc1)Nc1ccccc1. The molecule has 160 valence electrons. The molecule has 1 amide bonds. The number of rotatable bonds is 9. The molecule has 0 radical (unpaired) electrons. The fourth-order valence-electron chi connectivity index (χ4n) is 3.91. The summed E-state index contributed by atoms with van der Waals surface area (Å²) < 4.78 is -0.490.